The van der Waals surface area contributed by atoms with Crippen LogP contribution in [0.3, 0.4) is 0 Å². The van der Waals surface area contributed by atoms with Gasteiger partial charge in [-0.2, -0.15) is 0 Å². The molecule has 0 spiro atoms. The number of nitrogens with one attached hydrogen (secondary N) is 1. The molecular weight excluding hydrogens is 222 g/mol. The Morgan fingerprint density at radius 1 is 1.11 bits per heavy atom. The maximum atomic E-state index is 9.22. The van der Waals surface area contributed by atoms with E-state index in [0.717, 1.165) is 30.8 Å². The monoisotopic (exact) mass is 253 g/mol. The molecule has 0 aromatic heterocycles. The Kier molecular flexibility index (Phi) is 5.08. The van der Waals surface area contributed by atoms with E-state index in [0.29, 0.717) is 6.61 Å². The average Bonchev–Trinajstić information content (AvgIpc) is 3.19. The first-order chi connectivity index (χ1) is 8.61. The molecule has 2 fully saturated rings. The van der Waals surface area contributed by atoms with Gasteiger partial charge in [0.05, 0.1) is 0 Å². The maximum absolute atomic E-state index is 9.22. The van der Waals surface area contributed by atoms with Crippen LogP contribution in [-0.4, -0.2) is 24.3 Å². The quantitative estimate of drug-likeness (QED) is 0.682. The number of hydrogen-bond donors (Lipinski definition) is 2. The minimum absolute atomic E-state index is 0.102. The van der Waals surface area contributed by atoms with Crippen molar-refractivity contribution in [1.29, 1.82) is 0 Å². The first-order valence-corrected chi connectivity index (χ1v) is 7.95. The van der Waals surface area contributed by atoms with Crippen LogP contribution in [0.2, 0.25) is 0 Å². The smallest absolute Gasteiger partial charge is 0.0482 e. The van der Waals surface area contributed by atoms with Crippen LogP contribution in [0.15, 0.2) is 0 Å². The molecule has 2 atom stereocenters. The molecule has 0 aromatic carbocycles. The van der Waals surface area contributed by atoms with Crippen LogP contribution in [0.25, 0.3) is 0 Å². The predicted molar refractivity (Wildman–Crippen MR) is 76.6 cm³/mol. The highest BCUT2D eigenvalue weighted by Crippen LogP contribution is 2.43. The molecule has 2 aliphatic carbocycles. The van der Waals surface area contributed by atoms with E-state index in [1.54, 1.807) is 0 Å². The lowest BCUT2D eigenvalue weighted by Crippen LogP contribution is -2.35. The lowest BCUT2D eigenvalue weighted by molar-refractivity contribution is 0.147. The molecule has 2 saturated carbocycles. The summed E-state index contributed by atoms with van der Waals surface area (Å²) in [7, 11) is 0. The van der Waals surface area contributed by atoms with Gasteiger partial charge in [0.2, 0.25) is 0 Å². The van der Waals surface area contributed by atoms with Crippen LogP contribution in [-0.2, 0) is 0 Å². The molecule has 0 bridgehead atoms. The van der Waals surface area contributed by atoms with Gasteiger partial charge < -0.3 is 10.4 Å². The fourth-order valence-electron chi connectivity index (χ4n) is 3.36. The minimum atomic E-state index is 0.102. The topological polar surface area (TPSA) is 32.3 Å². The van der Waals surface area contributed by atoms with Gasteiger partial charge in [-0.15, -0.1) is 0 Å². The lowest BCUT2D eigenvalue weighted by atomic mass is 9.82. The third-order valence-electron chi connectivity index (χ3n) is 4.89. The zero-order chi connectivity index (χ0) is 13.0. The van der Waals surface area contributed by atoms with Crippen LogP contribution in [0.1, 0.15) is 65.2 Å². The third kappa shape index (κ3) is 4.55. The van der Waals surface area contributed by atoms with Crippen molar-refractivity contribution in [2.24, 2.45) is 17.3 Å². The molecule has 0 aromatic rings. The Balaban J connectivity index is 1.58. The minimum Gasteiger partial charge on any atom is -0.396 e. The zero-order valence-electron chi connectivity index (χ0n) is 12.3. The fraction of sp³-hybridized carbons (Fsp3) is 1.00. The molecule has 106 valence electrons. The molecule has 0 heterocycles. The van der Waals surface area contributed by atoms with Gasteiger partial charge in [-0.3, -0.25) is 0 Å². The third-order valence-corrected chi connectivity index (χ3v) is 4.89. The Morgan fingerprint density at radius 3 is 2.56 bits per heavy atom. The van der Waals surface area contributed by atoms with E-state index in [-0.39, 0.29) is 5.41 Å². The van der Waals surface area contributed by atoms with Gasteiger partial charge in [0, 0.05) is 12.6 Å². The zero-order valence-corrected chi connectivity index (χ0v) is 12.3. The van der Waals surface area contributed by atoms with Gasteiger partial charge in [0.1, 0.15) is 0 Å². The highest BCUT2D eigenvalue weighted by atomic mass is 16.3. The van der Waals surface area contributed by atoms with E-state index in [4.69, 9.17) is 0 Å². The summed E-state index contributed by atoms with van der Waals surface area (Å²) in [4.78, 5) is 0. The van der Waals surface area contributed by atoms with Gasteiger partial charge in [-0.1, -0.05) is 26.7 Å². The maximum Gasteiger partial charge on any atom is 0.0482 e. The van der Waals surface area contributed by atoms with Gasteiger partial charge >= 0.3 is 0 Å². The van der Waals surface area contributed by atoms with Crippen LogP contribution in [0.4, 0.5) is 0 Å². The molecule has 0 saturated heterocycles. The Bertz CT molecular complexity index is 247. The SMILES string of the molecule is CC(C)(CO)CCCNC1CCCC(C2CC2)C1. The van der Waals surface area contributed by atoms with Crippen molar-refractivity contribution >= 4 is 0 Å². The van der Waals surface area contributed by atoms with Crippen molar-refractivity contribution in [2.45, 2.75) is 71.3 Å². The number of aliphatic hydroxyl groups excluding tert-OH is 1. The van der Waals surface area contributed by atoms with Gasteiger partial charge in [-0.05, 0) is 62.3 Å². The standard InChI is InChI=1S/C16H31NO/c1-16(2,12-18)9-4-10-17-15-6-3-5-14(11-15)13-7-8-13/h13-15,17-18H,3-12H2,1-2H3. The number of hydrogen-bond acceptors (Lipinski definition) is 2. The number of rotatable bonds is 7. The van der Waals surface area contributed by atoms with Gasteiger partial charge in [0.15, 0.2) is 0 Å². The summed E-state index contributed by atoms with van der Waals surface area (Å²) in [6.07, 6.45) is 11.0. The van der Waals surface area contributed by atoms with E-state index in [1.807, 2.05) is 0 Å². The summed E-state index contributed by atoms with van der Waals surface area (Å²) in [5.41, 5.74) is 0.102. The molecule has 2 nitrogen and oxygen atoms in total. The predicted octanol–water partition coefficient (Wildman–Crippen LogP) is 3.34. The fourth-order valence-corrected chi connectivity index (χ4v) is 3.36. The molecule has 2 rings (SSSR count). The molecule has 18 heavy (non-hydrogen) atoms. The van der Waals surface area contributed by atoms with Crippen LogP contribution >= 0.6 is 0 Å². The van der Waals surface area contributed by atoms with Crippen LogP contribution in [0, 0.1) is 17.3 Å². The van der Waals surface area contributed by atoms with Gasteiger partial charge in [-0.25, -0.2) is 0 Å². The molecule has 2 heteroatoms. The summed E-state index contributed by atoms with van der Waals surface area (Å²) in [6, 6.07) is 0.779. The summed E-state index contributed by atoms with van der Waals surface area (Å²) >= 11 is 0. The molecule has 2 aliphatic rings. The number of aliphatic hydroxyl groups is 1. The second-order valence-corrected chi connectivity index (χ2v) is 7.34. The molecule has 0 aliphatic heterocycles. The summed E-state index contributed by atoms with van der Waals surface area (Å²) < 4.78 is 0. The van der Waals surface area contributed by atoms with E-state index < -0.39 is 0 Å². The molecule has 0 radical (unpaired) electrons. The highest BCUT2D eigenvalue weighted by molar-refractivity contribution is 4.87. The van der Waals surface area contributed by atoms with Crippen LogP contribution < -0.4 is 5.32 Å². The Morgan fingerprint density at radius 2 is 1.89 bits per heavy atom. The Labute approximate surface area is 113 Å². The Hall–Kier alpha value is -0.0800. The second-order valence-electron chi connectivity index (χ2n) is 7.34. The lowest BCUT2D eigenvalue weighted by Gasteiger charge is -2.30. The van der Waals surface area contributed by atoms with Gasteiger partial charge in [0.25, 0.3) is 0 Å². The van der Waals surface area contributed by atoms with Crippen molar-refractivity contribution in [3.8, 4) is 0 Å². The largest absolute Gasteiger partial charge is 0.396 e. The van der Waals surface area contributed by atoms with Crippen molar-refractivity contribution in [3.05, 3.63) is 0 Å². The molecule has 2 N–H and O–H groups in total. The first-order valence-electron chi connectivity index (χ1n) is 7.95. The normalized spacial score (nSPS) is 29.5. The molecular formula is C16H31NO. The van der Waals surface area contributed by atoms with Crippen LogP contribution in [0.5, 0.6) is 0 Å². The van der Waals surface area contributed by atoms with E-state index in [1.165, 1.54) is 44.9 Å². The van der Waals surface area contributed by atoms with E-state index in [2.05, 4.69) is 19.2 Å². The summed E-state index contributed by atoms with van der Waals surface area (Å²) in [5.74, 6) is 2.12. The van der Waals surface area contributed by atoms with E-state index >= 15 is 0 Å². The first kappa shape index (κ1) is 14.3. The van der Waals surface area contributed by atoms with Crippen molar-refractivity contribution < 1.29 is 5.11 Å². The molecule has 2 unspecified atom stereocenters. The van der Waals surface area contributed by atoms with Crippen molar-refractivity contribution in [3.63, 3.8) is 0 Å². The molecule has 0 amide bonds. The van der Waals surface area contributed by atoms with Crippen molar-refractivity contribution in [2.75, 3.05) is 13.2 Å². The second kappa shape index (κ2) is 6.38. The average molecular weight is 253 g/mol. The summed E-state index contributed by atoms with van der Waals surface area (Å²) in [5, 5.41) is 13.0. The highest BCUT2D eigenvalue weighted by Gasteiger charge is 2.34. The van der Waals surface area contributed by atoms with Crippen molar-refractivity contribution in [1.82, 2.24) is 5.32 Å². The van der Waals surface area contributed by atoms with E-state index in [9.17, 15) is 5.11 Å². The summed E-state index contributed by atoms with van der Waals surface area (Å²) in [6.45, 7) is 5.74.